The maximum Gasteiger partial charge on any atom is 0.417 e. The second kappa shape index (κ2) is 5.46. The maximum atomic E-state index is 13.1. The number of halogens is 3. The lowest BCUT2D eigenvalue weighted by Gasteiger charge is -2.22. The van der Waals surface area contributed by atoms with Crippen molar-refractivity contribution in [2.24, 2.45) is 5.41 Å². The van der Waals surface area contributed by atoms with Gasteiger partial charge >= 0.3 is 6.18 Å². The summed E-state index contributed by atoms with van der Waals surface area (Å²) in [5.74, 6) is -0.302. The molecule has 1 aromatic carbocycles. The van der Waals surface area contributed by atoms with Gasteiger partial charge in [0.1, 0.15) is 0 Å². The molecule has 1 amide bonds. The molecule has 20 heavy (non-hydrogen) atoms. The van der Waals surface area contributed by atoms with E-state index in [0.717, 1.165) is 0 Å². The van der Waals surface area contributed by atoms with Crippen LogP contribution in [0.4, 0.5) is 18.9 Å². The summed E-state index contributed by atoms with van der Waals surface area (Å²) in [6.45, 7) is 8.22. The molecular weight excluding hydrogens is 267 g/mol. The van der Waals surface area contributed by atoms with Crippen molar-refractivity contribution in [2.45, 2.75) is 47.2 Å². The van der Waals surface area contributed by atoms with Gasteiger partial charge in [-0.25, -0.2) is 0 Å². The van der Waals surface area contributed by atoms with Crippen molar-refractivity contribution >= 4 is 11.6 Å². The van der Waals surface area contributed by atoms with Crippen LogP contribution in [0, 0.1) is 12.3 Å². The van der Waals surface area contributed by atoms with Gasteiger partial charge in [-0.1, -0.05) is 33.8 Å². The van der Waals surface area contributed by atoms with E-state index in [1.807, 2.05) is 0 Å². The lowest BCUT2D eigenvalue weighted by Crippen LogP contribution is -2.28. The van der Waals surface area contributed by atoms with Crippen LogP contribution in [0.15, 0.2) is 12.1 Å². The highest BCUT2D eigenvalue weighted by Crippen LogP contribution is 2.38. The van der Waals surface area contributed by atoms with Gasteiger partial charge in [-0.2, -0.15) is 13.2 Å². The predicted molar refractivity (Wildman–Crippen MR) is 73.6 cm³/mol. The van der Waals surface area contributed by atoms with Gasteiger partial charge in [0.05, 0.1) is 5.56 Å². The van der Waals surface area contributed by atoms with Crippen LogP contribution in [0.3, 0.4) is 0 Å². The van der Waals surface area contributed by atoms with Crippen LogP contribution < -0.4 is 5.32 Å². The summed E-state index contributed by atoms with van der Waals surface area (Å²) < 4.78 is 39.4. The van der Waals surface area contributed by atoms with Crippen molar-refractivity contribution in [3.05, 3.63) is 28.8 Å². The first-order chi connectivity index (χ1) is 8.98. The van der Waals surface area contributed by atoms with Crippen molar-refractivity contribution in [3.8, 4) is 0 Å². The Bertz CT molecular complexity index is 513. The first kappa shape index (κ1) is 16.5. The molecule has 0 fully saturated rings. The van der Waals surface area contributed by atoms with E-state index in [1.165, 1.54) is 19.1 Å². The van der Waals surface area contributed by atoms with Gasteiger partial charge in [-0.05, 0) is 30.5 Å². The number of benzene rings is 1. The van der Waals surface area contributed by atoms with Crippen molar-refractivity contribution in [3.63, 3.8) is 0 Å². The zero-order valence-corrected chi connectivity index (χ0v) is 12.4. The Morgan fingerprint density at radius 2 is 1.75 bits per heavy atom. The molecule has 5 heteroatoms. The van der Waals surface area contributed by atoms with Gasteiger partial charge in [0.25, 0.3) is 0 Å². The minimum atomic E-state index is -4.42. The first-order valence-corrected chi connectivity index (χ1v) is 6.49. The Morgan fingerprint density at radius 1 is 1.20 bits per heavy atom. The topological polar surface area (TPSA) is 29.1 Å². The molecule has 0 aliphatic rings. The van der Waals surface area contributed by atoms with Gasteiger partial charge in [-0.15, -0.1) is 0 Å². The SMILES string of the molecule is CCc1c(NC(=O)C(C)(C)C)ccc(C)c1C(F)(F)F. The third kappa shape index (κ3) is 3.52. The fraction of sp³-hybridized carbons (Fsp3) is 0.533. The van der Waals surface area contributed by atoms with Gasteiger partial charge in [0.15, 0.2) is 0 Å². The lowest BCUT2D eigenvalue weighted by molar-refractivity contribution is -0.138. The van der Waals surface area contributed by atoms with Crippen LogP contribution in [0.2, 0.25) is 0 Å². The number of carbonyl (C=O) groups is 1. The fourth-order valence-electron chi connectivity index (χ4n) is 1.95. The Morgan fingerprint density at radius 3 is 2.15 bits per heavy atom. The van der Waals surface area contributed by atoms with Crippen molar-refractivity contribution in [2.75, 3.05) is 5.32 Å². The lowest BCUT2D eigenvalue weighted by atomic mass is 9.93. The van der Waals surface area contributed by atoms with Gasteiger partial charge in [0.2, 0.25) is 5.91 Å². The summed E-state index contributed by atoms with van der Waals surface area (Å²) in [4.78, 5) is 12.0. The summed E-state index contributed by atoms with van der Waals surface area (Å²) >= 11 is 0. The molecule has 0 heterocycles. The van der Waals surface area contributed by atoms with Crippen LogP contribution in [-0.4, -0.2) is 5.91 Å². The largest absolute Gasteiger partial charge is 0.417 e. The molecule has 0 atom stereocenters. The van der Waals surface area contributed by atoms with Crippen molar-refractivity contribution in [1.82, 2.24) is 0 Å². The fourth-order valence-corrected chi connectivity index (χ4v) is 1.95. The number of rotatable bonds is 2. The highest BCUT2D eigenvalue weighted by Gasteiger charge is 2.36. The number of alkyl halides is 3. The number of amides is 1. The summed E-state index contributed by atoms with van der Waals surface area (Å²) in [6.07, 6.45) is -4.21. The third-order valence-corrected chi connectivity index (χ3v) is 3.09. The van der Waals surface area contributed by atoms with E-state index in [4.69, 9.17) is 0 Å². The van der Waals surface area contributed by atoms with Gasteiger partial charge < -0.3 is 5.32 Å². The molecule has 1 rings (SSSR count). The normalized spacial score (nSPS) is 12.4. The summed E-state index contributed by atoms with van der Waals surface area (Å²) in [6, 6.07) is 2.92. The van der Waals surface area contributed by atoms with Crippen LogP contribution in [-0.2, 0) is 17.4 Å². The number of nitrogens with one attached hydrogen (secondary N) is 1. The first-order valence-electron chi connectivity index (χ1n) is 6.49. The number of anilines is 1. The highest BCUT2D eigenvalue weighted by atomic mass is 19.4. The minimum absolute atomic E-state index is 0.134. The van der Waals surface area contributed by atoms with Crippen LogP contribution in [0.25, 0.3) is 0 Å². The van der Waals surface area contributed by atoms with Crippen LogP contribution in [0.1, 0.15) is 44.4 Å². The third-order valence-electron chi connectivity index (χ3n) is 3.09. The summed E-state index contributed by atoms with van der Waals surface area (Å²) in [7, 11) is 0. The van der Waals surface area contributed by atoms with E-state index in [2.05, 4.69) is 5.32 Å². The second-order valence-corrected chi connectivity index (χ2v) is 5.84. The average molecular weight is 287 g/mol. The number of carbonyl (C=O) groups excluding carboxylic acids is 1. The maximum absolute atomic E-state index is 13.1. The van der Waals surface area contributed by atoms with E-state index >= 15 is 0 Å². The molecule has 0 saturated heterocycles. The second-order valence-electron chi connectivity index (χ2n) is 5.84. The van der Waals surface area contributed by atoms with E-state index in [0.29, 0.717) is 0 Å². The number of hydrogen-bond donors (Lipinski definition) is 1. The molecule has 2 nitrogen and oxygen atoms in total. The molecule has 112 valence electrons. The Kier molecular flexibility index (Phi) is 4.52. The minimum Gasteiger partial charge on any atom is -0.325 e. The molecule has 0 aliphatic heterocycles. The summed E-state index contributed by atoms with van der Waals surface area (Å²) in [5.41, 5.74) is -0.760. The standard InChI is InChI=1S/C15H20F3NO/c1-6-10-11(19-13(20)14(3,4)5)8-7-9(2)12(10)15(16,17)18/h7-8H,6H2,1-5H3,(H,19,20). The van der Waals surface area contributed by atoms with Crippen molar-refractivity contribution in [1.29, 1.82) is 0 Å². The van der Waals surface area contributed by atoms with Gasteiger partial charge in [0, 0.05) is 11.1 Å². The molecule has 0 aromatic heterocycles. The van der Waals surface area contributed by atoms with E-state index in [1.54, 1.807) is 27.7 Å². The Balaban J connectivity index is 3.33. The molecular formula is C15H20F3NO. The predicted octanol–water partition coefficient (Wildman–Crippen LogP) is 4.56. The van der Waals surface area contributed by atoms with Crippen LogP contribution >= 0.6 is 0 Å². The molecule has 0 spiro atoms. The quantitative estimate of drug-likeness (QED) is 0.848. The van der Waals surface area contributed by atoms with Crippen molar-refractivity contribution < 1.29 is 18.0 Å². The molecule has 0 radical (unpaired) electrons. The van der Waals surface area contributed by atoms with E-state index < -0.39 is 17.2 Å². The molecule has 1 aromatic rings. The molecule has 1 N–H and O–H groups in total. The molecule has 0 bridgehead atoms. The Hall–Kier alpha value is -1.52. The number of aryl methyl sites for hydroxylation is 1. The van der Waals surface area contributed by atoms with E-state index in [-0.39, 0.29) is 29.1 Å². The highest BCUT2D eigenvalue weighted by molar-refractivity contribution is 5.95. The van der Waals surface area contributed by atoms with Crippen LogP contribution in [0.5, 0.6) is 0 Å². The monoisotopic (exact) mass is 287 g/mol. The molecule has 0 aliphatic carbocycles. The van der Waals surface area contributed by atoms with E-state index in [9.17, 15) is 18.0 Å². The van der Waals surface area contributed by atoms with Gasteiger partial charge in [-0.3, -0.25) is 4.79 Å². The summed E-state index contributed by atoms with van der Waals surface area (Å²) in [5, 5.41) is 2.60. The average Bonchev–Trinajstić information content (AvgIpc) is 2.27. The zero-order valence-electron chi connectivity index (χ0n) is 12.4. The number of hydrogen-bond acceptors (Lipinski definition) is 1. The smallest absolute Gasteiger partial charge is 0.325 e. The zero-order chi connectivity index (χ0) is 15.7. The Labute approximate surface area is 117 Å². The molecule has 0 saturated carbocycles. The molecule has 0 unspecified atom stereocenters.